The molecule has 0 saturated carbocycles. The highest BCUT2D eigenvalue weighted by molar-refractivity contribution is 5.85. The van der Waals surface area contributed by atoms with Crippen LogP contribution in [0.2, 0.25) is 0 Å². The molecule has 0 aromatic heterocycles. The van der Waals surface area contributed by atoms with E-state index in [0.29, 0.717) is 13.0 Å². The summed E-state index contributed by atoms with van der Waals surface area (Å²) in [6, 6.07) is 8.01. The quantitative estimate of drug-likeness (QED) is 0.839. The minimum absolute atomic E-state index is 0. The van der Waals surface area contributed by atoms with E-state index in [-0.39, 0.29) is 24.4 Å². The van der Waals surface area contributed by atoms with Crippen molar-refractivity contribution in [2.45, 2.75) is 26.3 Å². The Bertz CT molecular complexity index is 324. The summed E-state index contributed by atoms with van der Waals surface area (Å²) in [5, 5.41) is 2.83. The monoisotopic (exact) mass is 242 g/mol. The van der Waals surface area contributed by atoms with Crippen LogP contribution in [0, 0.1) is 6.92 Å². The summed E-state index contributed by atoms with van der Waals surface area (Å²) < 4.78 is 0. The number of nitrogens with one attached hydrogen (secondary N) is 1. The zero-order valence-electron chi connectivity index (χ0n) is 9.69. The molecule has 1 aromatic carbocycles. The van der Waals surface area contributed by atoms with Crippen LogP contribution in [0.3, 0.4) is 0 Å². The Balaban J connectivity index is 0.00000225. The second-order valence-corrected chi connectivity index (χ2v) is 3.87. The third-order valence-electron chi connectivity index (χ3n) is 2.25. The van der Waals surface area contributed by atoms with E-state index in [1.165, 1.54) is 5.56 Å². The van der Waals surface area contributed by atoms with Gasteiger partial charge in [-0.1, -0.05) is 29.8 Å². The standard InChI is InChI=1S/C12H18N2O.ClH/c1-9-3-5-11(6-4-9)7-12(15)14-10(2)8-13;/h3-6,10H,7-8,13H2,1-2H3,(H,14,15);1H/t10-;/m1./s1. The van der Waals surface area contributed by atoms with E-state index in [1.807, 2.05) is 38.1 Å². The van der Waals surface area contributed by atoms with Gasteiger partial charge in [0.15, 0.2) is 0 Å². The van der Waals surface area contributed by atoms with Crippen LogP contribution in [0.4, 0.5) is 0 Å². The third kappa shape index (κ3) is 5.14. The molecule has 0 aliphatic rings. The van der Waals surface area contributed by atoms with Crippen molar-refractivity contribution < 1.29 is 4.79 Å². The summed E-state index contributed by atoms with van der Waals surface area (Å²) in [4.78, 5) is 11.5. The second kappa shape index (κ2) is 7.25. The Kier molecular flexibility index (Phi) is 6.77. The van der Waals surface area contributed by atoms with E-state index in [4.69, 9.17) is 5.73 Å². The molecule has 4 heteroatoms. The van der Waals surface area contributed by atoms with Gasteiger partial charge >= 0.3 is 0 Å². The number of halogens is 1. The van der Waals surface area contributed by atoms with Crippen LogP contribution in [-0.4, -0.2) is 18.5 Å². The number of nitrogens with two attached hydrogens (primary N) is 1. The maximum atomic E-state index is 11.5. The number of hydrogen-bond acceptors (Lipinski definition) is 2. The highest BCUT2D eigenvalue weighted by Crippen LogP contribution is 2.03. The van der Waals surface area contributed by atoms with Gasteiger partial charge in [-0.05, 0) is 19.4 Å². The molecule has 3 N–H and O–H groups in total. The second-order valence-electron chi connectivity index (χ2n) is 3.87. The van der Waals surface area contributed by atoms with Gasteiger partial charge in [0.05, 0.1) is 6.42 Å². The van der Waals surface area contributed by atoms with E-state index < -0.39 is 0 Å². The Morgan fingerprint density at radius 1 is 1.38 bits per heavy atom. The molecule has 1 amide bonds. The largest absolute Gasteiger partial charge is 0.352 e. The highest BCUT2D eigenvalue weighted by Gasteiger charge is 2.06. The molecule has 0 aliphatic heterocycles. The summed E-state index contributed by atoms with van der Waals surface area (Å²) in [6.45, 7) is 4.40. The number of carbonyl (C=O) groups excluding carboxylic acids is 1. The molecule has 0 aliphatic carbocycles. The lowest BCUT2D eigenvalue weighted by Crippen LogP contribution is -2.38. The minimum Gasteiger partial charge on any atom is -0.352 e. The summed E-state index contributed by atoms with van der Waals surface area (Å²) in [5.41, 5.74) is 7.65. The molecule has 16 heavy (non-hydrogen) atoms. The van der Waals surface area contributed by atoms with Gasteiger partial charge in [0.25, 0.3) is 0 Å². The molecule has 0 spiro atoms. The highest BCUT2D eigenvalue weighted by atomic mass is 35.5. The predicted octanol–water partition coefficient (Wildman–Crippen LogP) is 1.42. The number of aryl methyl sites for hydroxylation is 1. The fraction of sp³-hybridized carbons (Fsp3) is 0.417. The van der Waals surface area contributed by atoms with Crippen molar-refractivity contribution in [3.8, 4) is 0 Å². The molecule has 0 bridgehead atoms. The van der Waals surface area contributed by atoms with Crippen molar-refractivity contribution in [1.82, 2.24) is 5.32 Å². The Morgan fingerprint density at radius 2 is 1.94 bits per heavy atom. The number of benzene rings is 1. The lowest BCUT2D eigenvalue weighted by molar-refractivity contribution is -0.120. The first-order valence-electron chi connectivity index (χ1n) is 5.17. The van der Waals surface area contributed by atoms with Crippen molar-refractivity contribution in [2.75, 3.05) is 6.54 Å². The van der Waals surface area contributed by atoms with Gasteiger partial charge in [-0.15, -0.1) is 12.4 Å². The minimum atomic E-state index is 0. The maximum absolute atomic E-state index is 11.5. The van der Waals surface area contributed by atoms with Gasteiger partial charge in [-0.25, -0.2) is 0 Å². The van der Waals surface area contributed by atoms with Crippen molar-refractivity contribution in [3.05, 3.63) is 35.4 Å². The summed E-state index contributed by atoms with van der Waals surface area (Å²) in [6.07, 6.45) is 0.421. The average molecular weight is 243 g/mol. The van der Waals surface area contributed by atoms with Crippen LogP contribution < -0.4 is 11.1 Å². The lowest BCUT2D eigenvalue weighted by Gasteiger charge is -2.11. The lowest BCUT2D eigenvalue weighted by atomic mass is 10.1. The Morgan fingerprint density at radius 3 is 2.44 bits per heavy atom. The van der Waals surface area contributed by atoms with E-state index >= 15 is 0 Å². The molecule has 0 radical (unpaired) electrons. The number of hydrogen-bond donors (Lipinski definition) is 2. The average Bonchev–Trinajstić information content (AvgIpc) is 2.21. The summed E-state index contributed by atoms with van der Waals surface area (Å²) in [5.74, 6) is 0.0248. The van der Waals surface area contributed by atoms with Crippen molar-refractivity contribution in [2.24, 2.45) is 5.73 Å². The Hall–Kier alpha value is -1.06. The van der Waals surface area contributed by atoms with E-state index in [2.05, 4.69) is 5.32 Å². The number of amides is 1. The van der Waals surface area contributed by atoms with E-state index in [1.54, 1.807) is 0 Å². The molecule has 3 nitrogen and oxygen atoms in total. The van der Waals surface area contributed by atoms with Crippen LogP contribution in [0.1, 0.15) is 18.1 Å². The van der Waals surface area contributed by atoms with Gasteiger partial charge in [-0.3, -0.25) is 4.79 Å². The van der Waals surface area contributed by atoms with Crippen LogP contribution in [0.25, 0.3) is 0 Å². The normalized spacial score (nSPS) is 11.4. The summed E-state index contributed by atoms with van der Waals surface area (Å²) >= 11 is 0. The molecule has 0 unspecified atom stereocenters. The van der Waals surface area contributed by atoms with Crippen molar-refractivity contribution in [3.63, 3.8) is 0 Å². The topological polar surface area (TPSA) is 55.1 Å². The van der Waals surface area contributed by atoms with Crippen LogP contribution in [0.5, 0.6) is 0 Å². The molecule has 1 rings (SSSR count). The van der Waals surface area contributed by atoms with Crippen LogP contribution in [-0.2, 0) is 11.2 Å². The first kappa shape index (κ1) is 14.9. The van der Waals surface area contributed by atoms with Crippen molar-refractivity contribution >= 4 is 18.3 Å². The van der Waals surface area contributed by atoms with Gasteiger partial charge in [0.2, 0.25) is 5.91 Å². The SMILES string of the molecule is Cc1ccc(CC(=O)N[C@H](C)CN)cc1.Cl. The molecule has 1 atom stereocenters. The molecule has 0 fully saturated rings. The van der Waals surface area contributed by atoms with Crippen molar-refractivity contribution in [1.29, 1.82) is 0 Å². The number of rotatable bonds is 4. The first-order valence-corrected chi connectivity index (χ1v) is 5.17. The fourth-order valence-electron chi connectivity index (χ4n) is 1.28. The van der Waals surface area contributed by atoms with E-state index in [0.717, 1.165) is 5.56 Å². The zero-order valence-corrected chi connectivity index (χ0v) is 10.5. The molecule has 1 aromatic rings. The molecule has 0 heterocycles. The maximum Gasteiger partial charge on any atom is 0.224 e. The first-order chi connectivity index (χ1) is 7.11. The van der Waals surface area contributed by atoms with Gasteiger partial charge in [0, 0.05) is 12.6 Å². The molecule has 90 valence electrons. The number of carbonyl (C=O) groups is 1. The fourth-order valence-corrected chi connectivity index (χ4v) is 1.28. The van der Waals surface area contributed by atoms with Gasteiger partial charge < -0.3 is 11.1 Å². The Labute approximate surface area is 103 Å². The van der Waals surface area contributed by atoms with Gasteiger partial charge in [0.1, 0.15) is 0 Å². The predicted molar refractivity (Wildman–Crippen MR) is 68.8 cm³/mol. The third-order valence-corrected chi connectivity index (χ3v) is 2.25. The van der Waals surface area contributed by atoms with E-state index in [9.17, 15) is 4.79 Å². The smallest absolute Gasteiger partial charge is 0.224 e. The molecular weight excluding hydrogens is 224 g/mol. The molecule has 0 saturated heterocycles. The van der Waals surface area contributed by atoms with Crippen LogP contribution >= 0.6 is 12.4 Å². The van der Waals surface area contributed by atoms with Crippen LogP contribution in [0.15, 0.2) is 24.3 Å². The zero-order chi connectivity index (χ0) is 11.3. The summed E-state index contributed by atoms with van der Waals surface area (Å²) in [7, 11) is 0. The van der Waals surface area contributed by atoms with Gasteiger partial charge in [-0.2, -0.15) is 0 Å². The molecular formula is C12H19ClN2O.